The second kappa shape index (κ2) is 6.87. The molecule has 0 aromatic heterocycles. The molecular formula is C14H21ClN2O2. The molecule has 0 heterocycles. The van der Waals surface area contributed by atoms with Crippen molar-refractivity contribution in [3.8, 4) is 0 Å². The molecule has 0 atom stereocenters. The fourth-order valence-electron chi connectivity index (χ4n) is 2.28. The van der Waals surface area contributed by atoms with E-state index in [2.05, 4.69) is 26.1 Å². The first-order valence-electron chi connectivity index (χ1n) is 6.65. The van der Waals surface area contributed by atoms with Crippen LogP contribution in [0.15, 0.2) is 18.2 Å². The Bertz CT molecular complexity index is 437. The number of nitrogens with zero attached hydrogens (tertiary/aromatic N) is 1. The molecule has 0 aliphatic rings. The molecule has 1 N–H and O–H groups in total. The van der Waals surface area contributed by atoms with Gasteiger partial charge in [-0.05, 0) is 31.4 Å². The molecule has 1 aromatic carbocycles. The van der Waals surface area contributed by atoms with Gasteiger partial charge < -0.3 is 5.32 Å². The minimum absolute atomic E-state index is 0.0379. The molecule has 0 unspecified atom stereocenters. The Kier molecular flexibility index (Phi) is 5.76. The molecular weight excluding hydrogens is 264 g/mol. The van der Waals surface area contributed by atoms with E-state index in [1.165, 1.54) is 6.07 Å². The summed E-state index contributed by atoms with van der Waals surface area (Å²) in [6, 6.07) is 4.68. The lowest BCUT2D eigenvalue weighted by Crippen LogP contribution is -2.43. The molecule has 0 fully saturated rings. The van der Waals surface area contributed by atoms with Gasteiger partial charge in [0.2, 0.25) is 0 Å². The first kappa shape index (κ1) is 15.9. The maximum absolute atomic E-state index is 11.0. The summed E-state index contributed by atoms with van der Waals surface area (Å²) in [6.07, 6.45) is 2.98. The van der Waals surface area contributed by atoms with E-state index in [9.17, 15) is 10.1 Å². The van der Waals surface area contributed by atoms with Gasteiger partial charge in [-0.1, -0.05) is 32.4 Å². The summed E-state index contributed by atoms with van der Waals surface area (Å²) in [6.45, 7) is 6.86. The van der Waals surface area contributed by atoms with Gasteiger partial charge in [-0.25, -0.2) is 0 Å². The van der Waals surface area contributed by atoms with Crippen LogP contribution in [0.1, 0.15) is 45.6 Å². The molecule has 1 aromatic rings. The highest BCUT2D eigenvalue weighted by molar-refractivity contribution is 6.30. The van der Waals surface area contributed by atoms with Gasteiger partial charge in [0.25, 0.3) is 5.69 Å². The molecule has 19 heavy (non-hydrogen) atoms. The maximum Gasteiger partial charge on any atom is 0.273 e. The zero-order chi connectivity index (χ0) is 14.5. The predicted octanol–water partition coefficient (Wildman–Crippen LogP) is 4.31. The third-order valence-corrected chi connectivity index (χ3v) is 4.16. The number of hydrogen-bond donors (Lipinski definition) is 1. The molecule has 0 aliphatic carbocycles. The van der Waals surface area contributed by atoms with Crippen molar-refractivity contribution < 1.29 is 4.92 Å². The van der Waals surface area contributed by atoms with Crippen molar-refractivity contribution in [2.24, 2.45) is 0 Å². The quantitative estimate of drug-likeness (QED) is 0.600. The van der Waals surface area contributed by atoms with Crippen LogP contribution in [0.5, 0.6) is 0 Å². The SMILES string of the molecule is CCC(CC)(CC)NCc1cc(Cl)ccc1[N+](=O)[O-]. The molecule has 0 aliphatic heterocycles. The normalized spacial score (nSPS) is 11.6. The third kappa shape index (κ3) is 3.91. The van der Waals surface area contributed by atoms with Gasteiger partial charge in [-0.3, -0.25) is 10.1 Å². The summed E-state index contributed by atoms with van der Waals surface area (Å²) in [7, 11) is 0. The van der Waals surface area contributed by atoms with E-state index in [1.807, 2.05) is 0 Å². The maximum atomic E-state index is 11.0. The van der Waals surface area contributed by atoms with Crippen molar-refractivity contribution in [1.82, 2.24) is 5.32 Å². The second-order valence-electron chi connectivity index (χ2n) is 4.72. The molecule has 0 spiro atoms. The molecule has 5 heteroatoms. The van der Waals surface area contributed by atoms with Gasteiger partial charge in [0.15, 0.2) is 0 Å². The third-order valence-electron chi connectivity index (χ3n) is 3.92. The highest BCUT2D eigenvalue weighted by Crippen LogP contribution is 2.25. The van der Waals surface area contributed by atoms with Gasteiger partial charge in [0, 0.05) is 28.7 Å². The molecule has 0 radical (unpaired) electrons. The Morgan fingerprint density at radius 1 is 1.26 bits per heavy atom. The van der Waals surface area contributed by atoms with Crippen LogP contribution in [-0.4, -0.2) is 10.5 Å². The monoisotopic (exact) mass is 284 g/mol. The summed E-state index contributed by atoms with van der Waals surface area (Å²) in [4.78, 5) is 10.6. The first-order chi connectivity index (χ1) is 8.98. The highest BCUT2D eigenvalue weighted by atomic mass is 35.5. The number of nitrogens with one attached hydrogen (secondary N) is 1. The van der Waals surface area contributed by atoms with Gasteiger partial charge in [0.05, 0.1) is 4.92 Å². The number of hydrogen-bond acceptors (Lipinski definition) is 3. The minimum Gasteiger partial charge on any atom is -0.307 e. The second-order valence-corrected chi connectivity index (χ2v) is 5.16. The number of benzene rings is 1. The van der Waals surface area contributed by atoms with Crippen molar-refractivity contribution in [2.45, 2.75) is 52.1 Å². The van der Waals surface area contributed by atoms with E-state index < -0.39 is 0 Å². The van der Waals surface area contributed by atoms with Crippen LogP contribution in [0, 0.1) is 10.1 Å². The number of halogens is 1. The zero-order valence-electron chi connectivity index (χ0n) is 11.7. The molecule has 0 saturated heterocycles. The van der Waals surface area contributed by atoms with Gasteiger partial charge >= 0.3 is 0 Å². The smallest absolute Gasteiger partial charge is 0.273 e. The van der Waals surface area contributed by atoms with Crippen molar-refractivity contribution in [2.75, 3.05) is 0 Å². The average molecular weight is 285 g/mol. The Hall–Kier alpha value is -1.13. The molecule has 0 saturated carbocycles. The van der Waals surface area contributed by atoms with Crippen LogP contribution in [0.2, 0.25) is 5.02 Å². The molecule has 106 valence electrons. The van der Waals surface area contributed by atoms with Crippen LogP contribution in [-0.2, 0) is 6.54 Å². The summed E-state index contributed by atoms with van der Waals surface area (Å²) in [5.41, 5.74) is 0.794. The Labute approximate surface area is 119 Å². The van der Waals surface area contributed by atoms with Crippen LogP contribution >= 0.6 is 11.6 Å². The first-order valence-corrected chi connectivity index (χ1v) is 7.03. The molecule has 4 nitrogen and oxygen atoms in total. The van der Waals surface area contributed by atoms with Crippen LogP contribution in [0.4, 0.5) is 5.69 Å². The topological polar surface area (TPSA) is 55.2 Å². The van der Waals surface area contributed by atoms with Gasteiger partial charge in [0.1, 0.15) is 0 Å². The largest absolute Gasteiger partial charge is 0.307 e. The van der Waals surface area contributed by atoms with E-state index in [0.29, 0.717) is 17.1 Å². The molecule has 1 rings (SSSR count). The molecule has 0 bridgehead atoms. The zero-order valence-corrected chi connectivity index (χ0v) is 12.5. The van der Waals surface area contributed by atoms with E-state index in [1.54, 1.807) is 12.1 Å². The van der Waals surface area contributed by atoms with Crippen LogP contribution in [0.3, 0.4) is 0 Å². The lowest BCUT2D eigenvalue weighted by Gasteiger charge is -2.32. The Balaban J connectivity index is 2.93. The number of nitro benzene ring substituents is 1. The van der Waals surface area contributed by atoms with E-state index in [-0.39, 0.29) is 16.1 Å². The Morgan fingerprint density at radius 3 is 2.32 bits per heavy atom. The van der Waals surface area contributed by atoms with Crippen molar-refractivity contribution in [3.05, 3.63) is 38.9 Å². The standard InChI is InChI=1S/C14H21ClN2O2/c1-4-14(5-2,6-3)16-10-11-9-12(15)7-8-13(11)17(18)19/h7-9,16H,4-6,10H2,1-3H3. The average Bonchev–Trinajstić information content (AvgIpc) is 2.40. The van der Waals surface area contributed by atoms with Crippen molar-refractivity contribution >= 4 is 17.3 Å². The fourth-order valence-corrected chi connectivity index (χ4v) is 2.48. The number of nitro groups is 1. The van der Waals surface area contributed by atoms with E-state index in [0.717, 1.165) is 19.3 Å². The summed E-state index contributed by atoms with van der Waals surface area (Å²) >= 11 is 5.92. The van der Waals surface area contributed by atoms with Gasteiger partial charge in [-0.15, -0.1) is 0 Å². The Morgan fingerprint density at radius 2 is 1.84 bits per heavy atom. The van der Waals surface area contributed by atoms with Gasteiger partial charge in [-0.2, -0.15) is 0 Å². The van der Waals surface area contributed by atoms with E-state index >= 15 is 0 Å². The lowest BCUT2D eigenvalue weighted by atomic mass is 9.89. The lowest BCUT2D eigenvalue weighted by molar-refractivity contribution is -0.385. The summed E-state index contributed by atoms with van der Waals surface area (Å²) < 4.78 is 0. The van der Waals surface area contributed by atoms with E-state index in [4.69, 9.17) is 11.6 Å². The van der Waals surface area contributed by atoms with Crippen molar-refractivity contribution in [3.63, 3.8) is 0 Å². The fraction of sp³-hybridized carbons (Fsp3) is 0.571. The van der Waals surface area contributed by atoms with Crippen LogP contribution < -0.4 is 5.32 Å². The predicted molar refractivity (Wildman–Crippen MR) is 78.6 cm³/mol. The van der Waals surface area contributed by atoms with Crippen LogP contribution in [0.25, 0.3) is 0 Å². The highest BCUT2D eigenvalue weighted by Gasteiger charge is 2.24. The summed E-state index contributed by atoms with van der Waals surface area (Å²) in [5.74, 6) is 0. The molecule has 0 amide bonds. The van der Waals surface area contributed by atoms with Crippen molar-refractivity contribution in [1.29, 1.82) is 0 Å². The summed E-state index contributed by atoms with van der Waals surface area (Å²) in [5, 5.41) is 15.0. The minimum atomic E-state index is -0.362. The number of rotatable bonds is 7.